The van der Waals surface area contributed by atoms with Crippen molar-refractivity contribution in [2.24, 2.45) is 0 Å². The molecule has 1 rings (SSSR count). The van der Waals surface area contributed by atoms with E-state index in [2.05, 4.69) is 5.32 Å². The molecule has 1 atom stereocenters. The summed E-state index contributed by atoms with van der Waals surface area (Å²) in [5, 5.41) is 3.48. The Morgan fingerprint density at radius 3 is 2.83 bits per heavy atom. The van der Waals surface area contributed by atoms with E-state index in [-0.39, 0.29) is 11.9 Å². The zero-order chi connectivity index (χ0) is 13.5. The molecule has 1 N–H and O–H groups in total. The van der Waals surface area contributed by atoms with Crippen molar-refractivity contribution in [3.8, 4) is 0 Å². The van der Waals surface area contributed by atoms with E-state index in [1.165, 1.54) is 0 Å². The van der Waals surface area contributed by atoms with Crippen molar-refractivity contribution in [1.29, 1.82) is 0 Å². The molecule has 0 saturated heterocycles. The maximum Gasteiger partial charge on any atom is 0.251 e. The molecular weight excluding hydrogens is 273 g/mol. The van der Waals surface area contributed by atoms with Gasteiger partial charge in [-0.3, -0.25) is 4.79 Å². The Labute approximate surface area is 117 Å². The molecule has 0 heterocycles. The molecule has 0 aliphatic carbocycles. The van der Waals surface area contributed by atoms with E-state index in [9.17, 15) is 4.79 Å². The zero-order valence-electron chi connectivity index (χ0n) is 10.5. The van der Waals surface area contributed by atoms with Crippen molar-refractivity contribution in [2.75, 3.05) is 19.6 Å². The molecule has 18 heavy (non-hydrogen) atoms. The second-order valence-corrected chi connectivity index (χ2v) is 4.80. The summed E-state index contributed by atoms with van der Waals surface area (Å²) in [4.78, 5) is 12.1. The Bertz CT molecular complexity index is 404. The fourth-order valence-electron chi connectivity index (χ4n) is 1.65. The summed E-state index contributed by atoms with van der Waals surface area (Å²) in [6, 6.07) is 5.19. The number of carbonyl (C=O) groups is 1. The van der Waals surface area contributed by atoms with Crippen molar-refractivity contribution >= 4 is 29.1 Å². The molecule has 0 aliphatic heterocycles. The highest BCUT2D eigenvalue weighted by Crippen LogP contribution is 2.18. The summed E-state index contributed by atoms with van der Waals surface area (Å²) >= 11 is 11.7. The number of rotatable bonds is 6. The van der Waals surface area contributed by atoms with Crippen LogP contribution in [-0.2, 0) is 4.74 Å². The average Bonchev–Trinajstić information content (AvgIpc) is 2.33. The van der Waals surface area contributed by atoms with Crippen molar-refractivity contribution in [3.05, 3.63) is 34.3 Å². The van der Waals surface area contributed by atoms with Gasteiger partial charge in [0.25, 0.3) is 5.91 Å². The fourth-order valence-corrected chi connectivity index (χ4v) is 2.08. The SMILES string of the molecule is COCC(CCCl)NC(=O)c1cccc(Cl)c1C. The zero-order valence-corrected chi connectivity index (χ0v) is 12.0. The van der Waals surface area contributed by atoms with E-state index >= 15 is 0 Å². The van der Waals surface area contributed by atoms with Gasteiger partial charge in [0, 0.05) is 23.6 Å². The van der Waals surface area contributed by atoms with Gasteiger partial charge in [-0.05, 0) is 31.0 Å². The second kappa shape index (κ2) is 7.62. The van der Waals surface area contributed by atoms with Crippen LogP contribution in [0.3, 0.4) is 0 Å². The van der Waals surface area contributed by atoms with Crippen LogP contribution in [-0.4, -0.2) is 31.5 Å². The van der Waals surface area contributed by atoms with E-state index in [4.69, 9.17) is 27.9 Å². The Hall–Kier alpha value is -0.770. The Kier molecular flexibility index (Phi) is 6.47. The maximum absolute atomic E-state index is 12.1. The lowest BCUT2D eigenvalue weighted by atomic mass is 10.1. The number of amides is 1. The van der Waals surface area contributed by atoms with Crippen LogP contribution < -0.4 is 5.32 Å². The maximum atomic E-state index is 12.1. The molecule has 3 nitrogen and oxygen atoms in total. The molecule has 1 aromatic rings. The number of halogens is 2. The predicted molar refractivity (Wildman–Crippen MR) is 74.7 cm³/mol. The molecule has 0 aliphatic rings. The molecule has 0 spiro atoms. The van der Waals surface area contributed by atoms with Gasteiger partial charge in [-0.25, -0.2) is 0 Å². The number of hydrogen-bond donors (Lipinski definition) is 1. The normalized spacial score (nSPS) is 12.2. The number of nitrogens with one attached hydrogen (secondary N) is 1. The summed E-state index contributed by atoms with van der Waals surface area (Å²) in [6.45, 7) is 2.27. The summed E-state index contributed by atoms with van der Waals surface area (Å²) in [7, 11) is 1.60. The standard InChI is InChI=1S/C13H17Cl2NO2/c1-9-11(4-3-5-12(9)15)13(17)16-10(6-7-14)8-18-2/h3-5,10H,6-8H2,1-2H3,(H,16,17). The Morgan fingerprint density at radius 1 is 1.50 bits per heavy atom. The third-order valence-electron chi connectivity index (χ3n) is 2.67. The number of benzene rings is 1. The molecule has 100 valence electrons. The van der Waals surface area contributed by atoms with Gasteiger partial charge in [0.1, 0.15) is 0 Å². The summed E-state index contributed by atoms with van der Waals surface area (Å²) in [6.07, 6.45) is 0.667. The highest BCUT2D eigenvalue weighted by molar-refractivity contribution is 6.31. The highest BCUT2D eigenvalue weighted by atomic mass is 35.5. The van der Waals surface area contributed by atoms with Crippen molar-refractivity contribution in [2.45, 2.75) is 19.4 Å². The molecule has 1 aromatic carbocycles. The monoisotopic (exact) mass is 289 g/mol. The van der Waals surface area contributed by atoms with Crippen LogP contribution in [0.15, 0.2) is 18.2 Å². The van der Waals surface area contributed by atoms with Crippen LogP contribution in [0.1, 0.15) is 22.3 Å². The van der Waals surface area contributed by atoms with Crippen molar-refractivity contribution in [3.63, 3.8) is 0 Å². The topological polar surface area (TPSA) is 38.3 Å². The second-order valence-electron chi connectivity index (χ2n) is 4.02. The third-order valence-corrected chi connectivity index (χ3v) is 3.30. The molecule has 1 amide bonds. The summed E-state index contributed by atoms with van der Waals surface area (Å²) < 4.78 is 5.05. The van der Waals surface area contributed by atoms with Gasteiger partial charge in [0.05, 0.1) is 12.6 Å². The van der Waals surface area contributed by atoms with Gasteiger partial charge < -0.3 is 10.1 Å². The number of ether oxygens (including phenoxy) is 1. The molecule has 0 saturated carbocycles. The van der Waals surface area contributed by atoms with Gasteiger partial charge >= 0.3 is 0 Å². The van der Waals surface area contributed by atoms with E-state index < -0.39 is 0 Å². The minimum absolute atomic E-state index is 0.0848. The number of alkyl halides is 1. The lowest BCUT2D eigenvalue weighted by molar-refractivity contribution is 0.0894. The van der Waals surface area contributed by atoms with Crippen LogP contribution in [0.5, 0.6) is 0 Å². The van der Waals surface area contributed by atoms with Crippen LogP contribution in [0.4, 0.5) is 0 Å². The molecule has 0 aromatic heterocycles. The minimum atomic E-state index is -0.151. The molecule has 1 unspecified atom stereocenters. The van der Waals surface area contributed by atoms with E-state index in [0.29, 0.717) is 29.5 Å². The molecule has 5 heteroatoms. The van der Waals surface area contributed by atoms with Crippen LogP contribution in [0, 0.1) is 6.92 Å². The fraction of sp³-hybridized carbons (Fsp3) is 0.462. The van der Waals surface area contributed by atoms with Crippen molar-refractivity contribution < 1.29 is 9.53 Å². The smallest absolute Gasteiger partial charge is 0.251 e. The van der Waals surface area contributed by atoms with Gasteiger partial charge in [0.15, 0.2) is 0 Å². The van der Waals surface area contributed by atoms with Crippen LogP contribution in [0.2, 0.25) is 5.02 Å². The van der Waals surface area contributed by atoms with Gasteiger partial charge in [-0.15, -0.1) is 11.6 Å². The van der Waals surface area contributed by atoms with E-state index in [0.717, 1.165) is 5.56 Å². The predicted octanol–water partition coefficient (Wildman–Crippen LogP) is 3.02. The van der Waals surface area contributed by atoms with Gasteiger partial charge in [-0.2, -0.15) is 0 Å². The van der Waals surface area contributed by atoms with Crippen LogP contribution in [0.25, 0.3) is 0 Å². The van der Waals surface area contributed by atoms with Crippen LogP contribution >= 0.6 is 23.2 Å². The largest absolute Gasteiger partial charge is 0.383 e. The molecular formula is C13H17Cl2NO2. The lowest BCUT2D eigenvalue weighted by Gasteiger charge is -2.17. The van der Waals surface area contributed by atoms with E-state index in [1.54, 1.807) is 25.3 Å². The Morgan fingerprint density at radius 2 is 2.22 bits per heavy atom. The number of methoxy groups -OCH3 is 1. The summed E-state index contributed by atoms with van der Waals surface area (Å²) in [5.74, 6) is 0.324. The third kappa shape index (κ3) is 4.16. The molecule has 0 fully saturated rings. The van der Waals surface area contributed by atoms with Gasteiger partial charge in [0.2, 0.25) is 0 Å². The van der Waals surface area contributed by atoms with E-state index in [1.807, 2.05) is 6.92 Å². The average molecular weight is 290 g/mol. The molecule has 0 radical (unpaired) electrons. The minimum Gasteiger partial charge on any atom is -0.383 e. The summed E-state index contributed by atoms with van der Waals surface area (Å²) in [5.41, 5.74) is 1.36. The van der Waals surface area contributed by atoms with Gasteiger partial charge in [-0.1, -0.05) is 17.7 Å². The molecule has 0 bridgehead atoms. The first-order valence-electron chi connectivity index (χ1n) is 5.71. The Balaban J connectivity index is 2.77. The number of hydrogen-bond acceptors (Lipinski definition) is 2. The lowest BCUT2D eigenvalue weighted by Crippen LogP contribution is -2.38. The quantitative estimate of drug-likeness (QED) is 0.818. The first-order chi connectivity index (χ1) is 8.60. The number of carbonyl (C=O) groups excluding carboxylic acids is 1. The highest BCUT2D eigenvalue weighted by Gasteiger charge is 2.15. The first-order valence-corrected chi connectivity index (χ1v) is 6.62. The first kappa shape index (κ1) is 15.3. The van der Waals surface area contributed by atoms with Crippen molar-refractivity contribution in [1.82, 2.24) is 5.32 Å².